The highest BCUT2D eigenvalue weighted by molar-refractivity contribution is 8.01. The first kappa shape index (κ1) is 10.3. The second-order valence-electron chi connectivity index (χ2n) is 4.55. The minimum atomic E-state index is -0.767. The van der Waals surface area contributed by atoms with Gasteiger partial charge in [-0.2, -0.15) is 0 Å². The summed E-state index contributed by atoms with van der Waals surface area (Å²) in [7, 11) is 0. The summed E-state index contributed by atoms with van der Waals surface area (Å²) in [4.78, 5) is 10.6. The summed E-state index contributed by atoms with van der Waals surface area (Å²) in [5.74, 6) is -0.139. The number of carboxylic acids is 1. The molecule has 14 heavy (non-hydrogen) atoms. The molecule has 80 valence electrons. The maximum absolute atomic E-state index is 10.8. The van der Waals surface area contributed by atoms with Crippen LogP contribution in [0, 0.1) is 5.41 Å². The Morgan fingerprint density at radius 2 is 2.29 bits per heavy atom. The molecule has 2 rings (SSSR count). The third-order valence-corrected chi connectivity index (χ3v) is 4.84. The standard InChI is InChI=1S/C9H15NO3S/c1-8(2)4-13-5-9(8)10-6(3-14-9)7(11)12/h6,10H,3-5H2,1-2H3,(H,11,12)/t6-,9?/m1/s1. The fourth-order valence-electron chi connectivity index (χ4n) is 1.96. The van der Waals surface area contributed by atoms with Crippen molar-refractivity contribution in [1.29, 1.82) is 0 Å². The molecular formula is C9H15NO3S. The number of aliphatic carboxylic acids is 1. The summed E-state index contributed by atoms with van der Waals surface area (Å²) in [6.07, 6.45) is 0. The molecule has 5 heteroatoms. The molecule has 2 aliphatic heterocycles. The summed E-state index contributed by atoms with van der Waals surface area (Å²) in [6, 6.07) is -0.430. The van der Waals surface area contributed by atoms with Crippen LogP contribution in [0.25, 0.3) is 0 Å². The molecule has 0 amide bonds. The molecule has 2 fully saturated rings. The zero-order valence-electron chi connectivity index (χ0n) is 8.37. The van der Waals surface area contributed by atoms with Gasteiger partial charge in [-0.1, -0.05) is 13.8 Å². The lowest BCUT2D eigenvalue weighted by atomic mass is 9.87. The molecule has 0 radical (unpaired) electrons. The highest BCUT2D eigenvalue weighted by Gasteiger charge is 2.55. The monoisotopic (exact) mass is 217 g/mol. The van der Waals surface area contributed by atoms with Crippen molar-refractivity contribution in [2.24, 2.45) is 5.41 Å². The van der Waals surface area contributed by atoms with E-state index in [9.17, 15) is 4.79 Å². The third kappa shape index (κ3) is 1.34. The van der Waals surface area contributed by atoms with Gasteiger partial charge in [0.25, 0.3) is 0 Å². The van der Waals surface area contributed by atoms with Crippen LogP contribution in [0.15, 0.2) is 0 Å². The molecule has 2 aliphatic rings. The molecule has 2 heterocycles. The topological polar surface area (TPSA) is 58.6 Å². The molecule has 2 atom stereocenters. The van der Waals surface area contributed by atoms with Crippen molar-refractivity contribution in [2.75, 3.05) is 19.0 Å². The Kier molecular flexibility index (Phi) is 2.28. The normalized spacial score (nSPS) is 40.6. The largest absolute Gasteiger partial charge is 0.480 e. The number of thioether (sulfide) groups is 1. The molecule has 0 bridgehead atoms. The van der Waals surface area contributed by atoms with Gasteiger partial charge >= 0.3 is 5.97 Å². The SMILES string of the molecule is CC1(C)COCC12N[C@@H](C(=O)O)CS2. The van der Waals surface area contributed by atoms with Crippen molar-refractivity contribution in [3.63, 3.8) is 0 Å². The number of hydrogen-bond donors (Lipinski definition) is 2. The van der Waals surface area contributed by atoms with E-state index in [2.05, 4.69) is 19.2 Å². The second-order valence-corrected chi connectivity index (χ2v) is 5.87. The van der Waals surface area contributed by atoms with E-state index in [0.29, 0.717) is 19.0 Å². The van der Waals surface area contributed by atoms with Crippen molar-refractivity contribution in [2.45, 2.75) is 24.8 Å². The maximum Gasteiger partial charge on any atom is 0.321 e. The lowest BCUT2D eigenvalue weighted by molar-refractivity contribution is -0.139. The number of ether oxygens (including phenoxy) is 1. The van der Waals surface area contributed by atoms with Gasteiger partial charge in [0.15, 0.2) is 0 Å². The van der Waals surface area contributed by atoms with Gasteiger partial charge in [0.05, 0.1) is 18.1 Å². The fourth-order valence-corrected chi connectivity index (χ4v) is 3.48. The average Bonchev–Trinajstić information content (AvgIpc) is 2.60. The zero-order chi connectivity index (χ0) is 10.4. The van der Waals surface area contributed by atoms with Gasteiger partial charge in [-0.05, 0) is 0 Å². The van der Waals surface area contributed by atoms with E-state index < -0.39 is 12.0 Å². The smallest absolute Gasteiger partial charge is 0.321 e. The Labute approximate surface area is 87.4 Å². The van der Waals surface area contributed by atoms with Crippen LogP contribution in [0.1, 0.15) is 13.8 Å². The second kappa shape index (κ2) is 3.12. The molecule has 0 aromatic carbocycles. The lowest BCUT2D eigenvalue weighted by Gasteiger charge is -2.35. The van der Waals surface area contributed by atoms with E-state index >= 15 is 0 Å². The average molecular weight is 217 g/mol. The van der Waals surface area contributed by atoms with E-state index in [4.69, 9.17) is 9.84 Å². The number of carboxylic acid groups (broad SMARTS) is 1. The van der Waals surface area contributed by atoms with Crippen LogP contribution in [0.3, 0.4) is 0 Å². The van der Waals surface area contributed by atoms with Crippen LogP contribution >= 0.6 is 11.8 Å². The van der Waals surface area contributed by atoms with Gasteiger partial charge in [0, 0.05) is 11.2 Å². The summed E-state index contributed by atoms with van der Waals surface area (Å²) >= 11 is 1.68. The summed E-state index contributed by atoms with van der Waals surface area (Å²) in [6.45, 7) is 5.53. The Bertz CT molecular complexity index is 269. The predicted molar refractivity (Wildman–Crippen MR) is 54.3 cm³/mol. The molecule has 0 aliphatic carbocycles. The summed E-state index contributed by atoms with van der Waals surface area (Å²) in [5, 5.41) is 12.1. The highest BCUT2D eigenvalue weighted by Crippen LogP contribution is 2.48. The fraction of sp³-hybridized carbons (Fsp3) is 0.889. The summed E-state index contributed by atoms with van der Waals surface area (Å²) in [5.41, 5.74) is 0.00185. The van der Waals surface area contributed by atoms with Crippen molar-refractivity contribution < 1.29 is 14.6 Å². The van der Waals surface area contributed by atoms with Gasteiger partial charge in [-0.3, -0.25) is 10.1 Å². The third-order valence-electron chi connectivity index (χ3n) is 3.06. The maximum atomic E-state index is 10.8. The molecule has 4 nitrogen and oxygen atoms in total. The number of nitrogens with one attached hydrogen (secondary N) is 1. The number of rotatable bonds is 1. The van der Waals surface area contributed by atoms with Crippen LogP contribution in [-0.2, 0) is 9.53 Å². The molecular weight excluding hydrogens is 202 g/mol. The van der Waals surface area contributed by atoms with Crippen LogP contribution in [0.2, 0.25) is 0 Å². The van der Waals surface area contributed by atoms with Gasteiger partial charge in [-0.25, -0.2) is 0 Å². The van der Waals surface area contributed by atoms with Crippen molar-refractivity contribution in [1.82, 2.24) is 5.32 Å². The van der Waals surface area contributed by atoms with Crippen LogP contribution in [-0.4, -0.2) is 41.0 Å². The van der Waals surface area contributed by atoms with Gasteiger partial charge < -0.3 is 9.84 Å². The molecule has 2 saturated heterocycles. The van der Waals surface area contributed by atoms with Crippen LogP contribution < -0.4 is 5.32 Å². The van der Waals surface area contributed by atoms with Crippen molar-refractivity contribution in [3.8, 4) is 0 Å². The molecule has 1 spiro atoms. The number of carbonyl (C=O) groups is 1. The van der Waals surface area contributed by atoms with E-state index in [0.717, 1.165) is 0 Å². The Morgan fingerprint density at radius 3 is 2.71 bits per heavy atom. The minimum absolute atomic E-state index is 0.00185. The first-order valence-electron chi connectivity index (χ1n) is 4.69. The first-order valence-corrected chi connectivity index (χ1v) is 5.68. The molecule has 1 unspecified atom stereocenters. The Morgan fingerprint density at radius 1 is 1.57 bits per heavy atom. The zero-order valence-corrected chi connectivity index (χ0v) is 9.19. The van der Waals surface area contributed by atoms with Crippen LogP contribution in [0.4, 0.5) is 0 Å². The van der Waals surface area contributed by atoms with E-state index in [1.165, 1.54) is 0 Å². The minimum Gasteiger partial charge on any atom is -0.480 e. The molecule has 0 aromatic rings. The molecule has 2 N–H and O–H groups in total. The van der Waals surface area contributed by atoms with E-state index in [-0.39, 0.29) is 10.3 Å². The summed E-state index contributed by atoms with van der Waals surface area (Å²) < 4.78 is 5.45. The quantitative estimate of drug-likeness (QED) is 0.671. The molecule has 0 aromatic heterocycles. The first-order chi connectivity index (χ1) is 6.47. The highest BCUT2D eigenvalue weighted by atomic mass is 32.2. The van der Waals surface area contributed by atoms with Crippen LogP contribution in [0.5, 0.6) is 0 Å². The lowest BCUT2D eigenvalue weighted by Crippen LogP contribution is -2.53. The van der Waals surface area contributed by atoms with Gasteiger partial charge in [0.1, 0.15) is 6.04 Å². The van der Waals surface area contributed by atoms with Crippen molar-refractivity contribution >= 4 is 17.7 Å². The van der Waals surface area contributed by atoms with Gasteiger partial charge in [-0.15, -0.1) is 11.8 Å². The van der Waals surface area contributed by atoms with Gasteiger partial charge in [0.2, 0.25) is 0 Å². The van der Waals surface area contributed by atoms with Crippen molar-refractivity contribution in [3.05, 3.63) is 0 Å². The predicted octanol–water partition coefficient (Wildman–Crippen LogP) is 0.529. The van der Waals surface area contributed by atoms with E-state index in [1.54, 1.807) is 11.8 Å². The Hall–Kier alpha value is -0.260. The number of hydrogen-bond acceptors (Lipinski definition) is 4. The Balaban J connectivity index is 2.16. The molecule has 0 saturated carbocycles. The van der Waals surface area contributed by atoms with E-state index in [1.807, 2.05) is 0 Å².